The lowest BCUT2D eigenvalue weighted by Crippen LogP contribution is -2.11. The van der Waals surface area contributed by atoms with Crippen LogP contribution in [0.15, 0.2) is 11.8 Å². The fourth-order valence-electron chi connectivity index (χ4n) is 0.564. The zero-order chi connectivity index (χ0) is 6.69. The molecule has 4 nitrogen and oxygen atoms in total. The number of carbonyl (C=O) groups excluding carboxylic acids is 1. The van der Waals surface area contributed by atoms with Gasteiger partial charge in [0.25, 0.3) is 0 Å². The summed E-state index contributed by atoms with van der Waals surface area (Å²) in [4.78, 5) is 14.9. The Kier molecular flexibility index (Phi) is 1.69. The first-order valence-electron chi connectivity index (χ1n) is 2.49. The second kappa shape index (κ2) is 2.50. The van der Waals surface area contributed by atoms with Crippen molar-refractivity contribution in [3.63, 3.8) is 0 Å². The van der Waals surface area contributed by atoms with Crippen molar-refractivity contribution in [3.05, 3.63) is 11.8 Å². The number of carbonyl (C=O) groups is 1. The van der Waals surface area contributed by atoms with Crippen LogP contribution in [0.2, 0.25) is 0 Å². The van der Waals surface area contributed by atoms with Crippen LogP contribution in [0.5, 0.6) is 0 Å². The van der Waals surface area contributed by atoms with Crippen LogP contribution in [0.4, 0.5) is 0 Å². The van der Waals surface area contributed by atoms with Crippen LogP contribution < -0.4 is 5.48 Å². The third kappa shape index (κ3) is 1.43. The number of esters is 1. The van der Waals surface area contributed by atoms with Gasteiger partial charge in [-0.3, -0.25) is 10.3 Å². The first-order chi connectivity index (χ1) is 4.33. The van der Waals surface area contributed by atoms with Crippen LogP contribution in [0.1, 0.15) is 0 Å². The smallest absolute Gasteiger partial charge is 0.333 e. The van der Waals surface area contributed by atoms with E-state index in [9.17, 15) is 4.79 Å². The van der Waals surface area contributed by atoms with Gasteiger partial charge in [-0.25, -0.2) is 4.79 Å². The number of hydroxylamine groups is 1. The zero-order valence-corrected chi connectivity index (χ0v) is 5.01. The molecule has 1 aliphatic rings. The Hall–Kier alpha value is -1.03. The molecule has 50 valence electrons. The van der Waals surface area contributed by atoms with Crippen molar-refractivity contribution in [2.24, 2.45) is 0 Å². The predicted molar refractivity (Wildman–Crippen MR) is 29.2 cm³/mol. The molecule has 0 aromatic heterocycles. The number of rotatable bonds is 2. The van der Waals surface area contributed by atoms with Crippen molar-refractivity contribution in [1.82, 2.24) is 5.48 Å². The van der Waals surface area contributed by atoms with Crippen LogP contribution in [-0.2, 0) is 14.4 Å². The van der Waals surface area contributed by atoms with E-state index in [1.54, 1.807) is 0 Å². The quantitative estimate of drug-likeness (QED) is 0.406. The van der Waals surface area contributed by atoms with E-state index in [-0.39, 0.29) is 12.6 Å². The third-order valence-corrected chi connectivity index (χ3v) is 0.895. The highest BCUT2D eigenvalue weighted by Crippen LogP contribution is 2.00. The summed E-state index contributed by atoms with van der Waals surface area (Å²) >= 11 is 0. The Morgan fingerprint density at radius 2 is 2.67 bits per heavy atom. The average Bonchev–Trinajstić information content (AvgIpc) is 2.17. The Bertz CT molecular complexity index is 152. The fraction of sp³-hybridized carbons (Fsp3) is 0.400. The lowest BCUT2D eigenvalue weighted by Gasteiger charge is -1.98. The second-order valence-electron chi connectivity index (χ2n) is 1.58. The topological polar surface area (TPSA) is 47.6 Å². The van der Waals surface area contributed by atoms with Crippen molar-refractivity contribution in [1.29, 1.82) is 0 Å². The standard InChI is InChI=1S/C5H7NO3/c1-8-6-4-2-5(7)9-3-4/h2,6H,3H2,1H3. The molecule has 1 rings (SSSR count). The summed E-state index contributed by atoms with van der Waals surface area (Å²) in [6.45, 7) is 0.284. The summed E-state index contributed by atoms with van der Waals surface area (Å²) in [5.74, 6) is -0.324. The molecular formula is C5H7NO3. The number of cyclic esters (lactones) is 1. The highest BCUT2D eigenvalue weighted by molar-refractivity contribution is 5.84. The van der Waals surface area contributed by atoms with E-state index in [1.807, 2.05) is 0 Å². The monoisotopic (exact) mass is 129 g/mol. The number of ether oxygens (including phenoxy) is 1. The van der Waals surface area contributed by atoms with Crippen molar-refractivity contribution < 1.29 is 14.4 Å². The third-order valence-electron chi connectivity index (χ3n) is 0.895. The Morgan fingerprint density at radius 3 is 3.11 bits per heavy atom. The average molecular weight is 129 g/mol. The summed E-state index contributed by atoms with van der Waals surface area (Å²) in [5, 5.41) is 0. The summed E-state index contributed by atoms with van der Waals surface area (Å²) in [6, 6.07) is 0. The fourth-order valence-corrected chi connectivity index (χ4v) is 0.564. The number of nitrogens with one attached hydrogen (secondary N) is 1. The van der Waals surface area contributed by atoms with Crippen molar-refractivity contribution in [2.45, 2.75) is 0 Å². The molecule has 9 heavy (non-hydrogen) atoms. The number of hydrogen-bond acceptors (Lipinski definition) is 4. The predicted octanol–water partition coefficient (Wildman–Crippen LogP) is -0.422. The molecule has 0 saturated carbocycles. The van der Waals surface area contributed by atoms with Crippen molar-refractivity contribution >= 4 is 5.97 Å². The highest BCUT2D eigenvalue weighted by atomic mass is 16.6. The van der Waals surface area contributed by atoms with Gasteiger partial charge in [-0.15, -0.1) is 0 Å². The van der Waals surface area contributed by atoms with E-state index in [2.05, 4.69) is 15.1 Å². The summed E-state index contributed by atoms with van der Waals surface area (Å²) in [6.07, 6.45) is 1.35. The zero-order valence-electron chi connectivity index (χ0n) is 5.01. The molecule has 0 aromatic carbocycles. The van der Waals surface area contributed by atoms with Gasteiger partial charge in [-0.2, -0.15) is 0 Å². The molecule has 0 bridgehead atoms. The molecule has 0 fully saturated rings. The van der Waals surface area contributed by atoms with Crippen molar-refractivity contribution in [3.8, 4) is 0 Å². The van der Waals surface area contributed by atoms with E-state index in [0.717, 1.165) is 0 Å². The Morgan fingerprint density at radius 1 is 1.89 bits per heavy atom. The van der Waals surface area contributed by atoms with Gasteiger partial charge in [0.15, 0.2) is 0 Å². The highest BCUT2D eigenvalue weighted by Gasteiger charge is 2.11. The molecular weight excluding hydrogens is 122 g/mol. The Balaban J connectivity index is 2.42. The lowest BCUT2D eigenvalue weighted by atomic mass is 10.5. The second-order valence-corrected chi connectivity index (χ2v) is 1.58. The van der Waals surface area contributed by atoms with Crippen molar-refractivity contribution in [2.75, 3.05) is 13.7 Å². The first kappa shape index (κ1) is 6.10. The molecule has 1 heterocycles. The van der Waals surface area contributed by atoms with Gasteiger partial charge in [-0.05, 0) is 0 Å². The molecule has 4 heteroatoms. The number of hydrogen-bond donors (Lipinski definition) is 1. The maximum Gasteiger partial charge on any atom is 0.333 e. The van der Waals surface area contributed by atoms with Crippen LogP contribution in [0.3, 0.4) is 0 Å². The molecule has 0 aliphatic carbocycles. The van der Waals surface area contributed by atoms with Gasteiger partial charge in [0, 0.05) is 6.08 Å². The SMILES string of the molecule is CONC1=CC(=O)OC1. The molecule has 0 unspecified atom stereocenters. The molecule has 0 amide bonds. The van der Waals surface area contributed by atoms with Crippen LogP contribution >= 0.6 is 0 Å². The maximum atomic E-state index is 10.3. The summed E-state index contributed by atoms with van der Waals surface area (Å²) in [5.41, 5.74) is 3.15. The molecule has 0 atom stereocenters. The minimum Gasteiger partial charge on any atom is -0.456 e. The lowest BCUT2D eigenvalue weighted by molar-refractivity contribution is -0.135. The van der Waals surface area contributed by atoms with Crippen LogP contribution in [0, 0.1) is 0 Å². The van der Waals surface area contributed by atoms with Gasteiger partial charge in [0.05, 0.1) is 12.8 Å². The van der Waals surface area contributed by atoms with Crippen LogP contribution in [-0.4, -0.2) is 19.7 Å². The van der Waals surface area contributed by atoms with Gasteiger partial charge in [0.2, 0.25) is 0 Å². The van der Waals surface area contributed by atoms with E-state index in [1.165, 1.54) is 13.2 Å². The summed E-state index contributed by atoms with van der Waals surface area (Å²) in [7, 11) is 1.48. The van der Waals surface area contributed by atoms with Gasteiger partial charge in [0.1, 0.15) is 6.61 Å². The van der Waals surface area contributed by atoms with Gasteiger partial charge in [-0.1, -0.05) is 0 Å². The molecule has 1 aliphatic heterocycles. The minimum absolute atomic E-state index is 0.284. The largest absolute Gasteiger partial charge is 0.456 e. The molecule has 0 aromatic rings. The first-order valence-corrected chi connectivity index (χ1v) is 2.49. The van der Waals surface area contributed by atoms with Crippen LogP contribution in [0.25, 0.3) is 0 Å². The molecule has 0 saturated heterocycles. The Labute approximate surface area is 52.4 Å². The molecule has 0 radical (unpaired) electrons. The van der Waals surface area contributed by atoms with E-state index >= 15 is 0 Å². The molecule has 1 N–H and O–H groups in total. The van der Waals surface area contributed by atoms with E-state index in [0.29, 0.717) is 5.70 Å². The minimum atomic E-state index is -0.324. The normalized spacial score (nSPS) is 17.0. The van der Waals surface area contributed by atoms with Gasteiger partial charge >= 0.3 is 5.97 Å². The van der Waals surface area contributed by atoms with E-state index in [4.69, 9.17) is 0 Å². The molecule has 0 spiro atoms. The summed E-state index contributed by atoms with van der Waals surface area (Å²) < 4.78 is 4.54. The van der Waals surface area contributed by atoms with E-state index < -0.39 is 0 Å². The maximum absolute atomic E-state index is 10.3. The van der Waals surface area contributed by atoms with Gasteiger partial charge < -0.3 is 4.74 Å².